The third-order valence-electron chi connectivity index (χ3n) is 2.02. The van der Waals surface area contributed by atoms with E-state index in [-0.39, 0.29) is 13.4 Å². The lowest BCUT2D eigenvalue weighted by Crippen LogP contribution is -2.06. The van der Waals surface area contributed by atoms with Gasteiger partial charge in [-0.05, 0) is 19.9 Å². The molecule has 90 valence electrons. The zero-order chi connectivity index (χ0) is 11.8. The SMILES string of the molecule is CCOCOc1c(CO)cccc1OCC. The predicted octanol–water partition coefficient (Wildman–Crippen LogP) is 1.95. The van der Waals surface area contributed by atoms with Crippen molar-refractivity contribution in [3.05, 3.63) is 23.8 Å². The van der Waals surface area contributed by atoms with Crippen molar-refractivity contribution in [1.29, 1.82) is 0 Å². The van der Waals surface area contributed by atoms with Crippen LogP contribution in [0.15, 0.2) is 18.2 Å². The van der Waals surface area contributed by atoms with E-state index in [1.807, 2.05) is 26.0 Å². The van der Waals surface area contributed by atoms with Crippen molar-refractivity contribution in [3.8, 4) is 11.5 Å². The number of para-hydroxylation sites is 1. The lowest BCUT2D eigenvalue weighted by atomic mass is 10.2. The Morgan fingerprint density at radius 2 is 1.94 bits per heavy atom. The van der Waals surface area contributed by atoms with Gasteiger partial charge in [0.1, 0.15) is 0 Å². The zero-order valence-electron chi connectivity index (χ0n) is 9.73. The number of hydrogen-bond acceptors (Lipinski definition) is 4. The number of rotatable bonds is 7. The molecule has 0 atom stereocenters. The van der Waals surface area contributed by atoms with Gasteiger partial charge in [0.15, 0.2) is 18.3 Å². The first-order valence-corrected chi connectivity index (χ1v) is 5.39. The summed E-state index contributed by atoms with van der Waals surface area (Å²) in [5, 5.41) is 9.19. The maximum atomic E-state index is 9.19. The predicted molar refractivity (Wildman–Crippen MR) is 60.7 cm³/mol. The van der Waals surface area contributed by atoms with Gasteiger partial charge in [-0.1, -0.05) is 12.1 Å². The quantitative estimate of drug-likeness (QED) is 0.570. The maximum absolute atomic E-state index is 9.19. The summed E-state index contributed by atoms with van der Waals surface area (Å²) in [4.78, 5) is 0. The minimum absolute atomic E-state index is 0.0810. The zero-order valence-corrected chi connectivity index (χ0v) is 9.73. The monoisotopic (exact) mass is 226 g/mol. The molecule has 0 spiro atoms. The Hall–Kier alpha value is -1.26. The van der Waals surface area contributed by atoms with Gasteiger partial charge in [0.05, 0.1) is 13.2 Å². The van der Waals surface area contributed by atoms with Gasteiger partial charge in [0.2, 0.25) is 0 Å². The van der Waals surface area contributed by atoms with Crippen molar-refractivity contribution in [2.24, 2.45) is 0 Å². The molecular weight excluding hydrogens is 208 g/mol. The summed E-state index contributed by atoms with van der Waals surface area (Å²) in [5.41, 5.74) is 0.700. The summed E-state index contributed by atoms with van der Waals surface area (Å²) in [5.74, 6) is 1.19. The van der Waals surface area contributed by atoms with Gasteiger partial charge in [0.25, 0.3) is 0 Å². The van der Waals surface area contributed by atoms with E-state index in [0.29, 0.717) is 30.3 Å². The molecule has 0 radical (unpaired) electrons. The minimum Gasteiger partial charge on any atom is -0.490 e. The second-order valence-electron chi connectivity index (χ2n) is 3.09. The second kappa shape index (κ2) is 7.09. The molecule has 0 aromatic heterocycles. The first kappa shape index (κ1) is 12.8. The first-order valence-electron chi connectivity index (χ1n) is 5.39. The van der Waals surface area contributed by atoms with Gasteiger partial charge in [-0.3, -0.25) is 0 Å². The molecule has 0 saturated heterocycles. The van der Waals surface area contributed by atoms with E-state index in [0.717, 1.165) is 0 Å². The Labute approximate surface area is 95.8 Å². The number of aliphatic hydroxyl groups excluding tert-OH is 1. The Kier molecular flexibility index (Phi) is 5.67. The highest BCUT2D eigenvalue weighted by Crippen LogP contribution is 2.31. The van der Waals surface area contributed by atoms with Crippen molar-refractivity contribution < 1.29 is 19.3 Å². The van der Waals surface area contributed by atoms with Gasteiger partial charge in [-0.25, -0.2) is 0 Å². The molecule has 0 fully saturated rings. The van der Waals surface area contributed by atoms with Crippen LogP contribution in [0.2, 0.25) is 0 Å². The van der Waals surface area contributed by atoms with Crippen molar-refractivity contribution in [3.63, 3.8) is 0 Å². The van der Waals surface area contributed by atoms with Crippen LogP contribution in [0.3, 0.4) is 0 Å². The Morgan fingerprint density at radius 1 is 1.12 bits per heavy atom. The van der Waals surface area contributed by atoms with Crippen LogP contribution in [0.4, 0.5) is 0 Å². The van der Waals surface area contributed by atoms with E-state index in [9.17, 15) is 5.11 Å². The molecule has 1 N–H and O–H groups in total. The average Bonchev–Trinajstić information content (AvgIpc) is 2.31. The summed E-state index contributed by atoms with van der Waals surface area (Å²) in [6.45, 7) is 5.02. The highest BCUT2D eigenvalue weighted by Gasteiger charge is 2.09. The second-order valence-corrected chi connectivity index (χ2v) is 3.09. The summed E-state index contributed by atoms with van der Waals surface area (Å²) in [6.07, 6.45) is 0. The average molecular weight is 226 g/mol. The number of benzene rings is 1. The van der Waals surface area contributed by atoms with Gasteiger partial charge in [-0.15, -0.1) is 0 Å². The molecule has 0 unspecified atom stereocenters. The van der Waals surface area contributed by atoms with E-state index in [2.05, 4.69) is 0 Å². The molecule has 0 aliphatic carbocycles. The van der Waals surface area contributed by atoms with Crippen LogP contribution in [0, 0.1) is 0 Å². The third-order valence-corrected chi connectivity index (χ3v) is 2.02. The molecular formula is C12H18O4. The fourth-order valence-corrected chi connectivity index (χ4v) is 1.30. The molecule has 0 aliphatic rings. The number of aliphatic hydroxyl groups is 1. The molecule has 0 aliphatic heterocycles. The van der Waals surface area contributed by atoms with E-state index >= 15 is 0 Å². The van der Waals surface area contributed by atoms with Crippen LogP contribution < -0.4 is 9.47 Å². The molecule has 0 amide bonds. The Bertz CT molecular complexity index is 312. The van der Waals surface area contributed by atoms with Crippen LogP contribution in [0.1, 0.15) is 19.4 Å². The van der Waals surface area contributed by atoms with Crippen molar-refractivity contribution in [2.45, 2.75) is 20.5 Å². The summed E-state index contributed by atoms with van der Waals surface area (Å²) in [7, 11) is 0. The van der Waals surface area contributed by atoms with Gasteiger partial charge < -0.3 is 19.3 Å². The Balaban J connectivity index is 2.81. The van der Waals surface area contributed by atoms with Gasteiger partial charge in [-0.2, -0.15) is 0 Å². The van der Waals surface area contributed by atoms with E-state index in [1.165, 1.54) is 0 Å². The lowest BCUT2D eigenvalue weighted by Gasteiger charge is -2.14. The van der Waals surface area contributed by atoms with Crippen LogP contribution >= 0.6 is 0 Å². The van der Waals surface area contributed by atoms with E-state index in [4.69, 9.17) is 14.2 Å². The summed E-state index contributed by atoms with van der Waals surface area (Å²) < 4.78 is 16.0. The summed E-state index contributed by atoms with van der Waals surface area (Å²) >= 11 is 0. The largest absolute Gasteiger partial charge is 0.490 e. The van der Waals surface area contributed by atoms with Gasteiger partial charge in [0, 0.05) is 12.2 Å². The number of hydrogen-bond donors (Lipinski definition) is 1. The van der Waals surface area contributed by atoms with E-state index < -0.39 is 0 Å². The fourth-order valence-electron chi connectivity index (χ4n) is 1.30. The van der Waals surface area contributed by atoms with Crippen LogP contribution in [-0.2, 0) is 11.3 Å². The van der Waals surface area contributed by atoms with Crippen LogP contribution in [0.5, 0.6) is 11.5 Å². The lowest BCUT2D eigenvalue weighted by molar-refractivity contribution is 0.0193. The highest BCUT2D eigenvalue weighted by molar-refractivity contribution is 5.46. The smallest absolute Gasteiger partial charge is 0.189 e. The molecule has 4 nitrogen and oxygen atoms in total. The molecule has 1 aromatic carbocycles. The fraction of sp³-hybridized carbons (Fsp3) is 0.500. The normalized spacial score (nSPS) is 10.2. The minimum atomic E-state index is -0.0810. The molecule has 4 heteroatoms. The third kappa shape index (κ3) is 3.40. The maximum Gasteiger partial charge on any atom is 0.189 e. The first-order chi connectivity index (χ1) is 7.83. The molecule has 16 heavy (non-hydrogen) atoms. The Morgan fingerprint density at radius 3 is 2.56 bits per heavy atom. The highest BCUT2D eigenvalue weighted by atomic mass is 16.7. The number of ether oxygens (including phenoxy) is 3. The van der Waals surface area contributed by atoms with E-state index in [1.54, 1.807) is 6.07 Å². The molecule has 0 heterocycles. The van der Waals surface area contributed by atoms with Crippen molar-refractivity contribution in [2.75, 3.05) is 20.0 Å². The van der Waals surface area contributed by atoms with Crippen LogP contribution in [-0.4, -0.2) is 25.1 Å². The molecule has 0 bridgehead atoms. The standard InChI is InChI=1S/C12H18O4/c1-3-14-9-16-12-10(8-13)6-5-7-11(12)15-4-2/h5-7,13H,3-4,8-9H2,1-2H3. The molecule has 1 rings (SSSR count). The summed E-state index contributed by atoms with van der Waals surface area (Å²) in [6, 6.07) is 5.43. The van der Waals surface area contributed by atoms with Crippen molar-refractivity contribution in [1.82, 2.24) is 0 Å². The van der Waals surface area contributed by atoms with Gasteiger partial charge >= 0.3 is 0 Å². The topological polar surface area (TPSA) is 47.9 Å². The molecule has 1 aromatic rings. The molecule has 0 saturated carbocycles. The van der Waals surface area contributed by atoms with Crippen molar-refractivity contribution >= 4 is 0 Å². The van der Waals surface area contributed by atoms with Crippen LogP contribution in [0.25, 0.3) is 0 Å².